The number of anilines is 1. The van der Waals surface area contributed by atoms with Crippen molar-refractivity contribution in [2.24, 2.45) is 0 Å². The topological polar surface area (TPSA) is 64.6 Å². The van der Waals surface area contributed by atoms with Crippen LogP contribution in [0.25, 0.3) is 0 Å². The Kier molecular flexibility index (Phi) is 6.45. The first-order chi connectivity index (χ1) is 12.0. The first-order valence-corrected chi connectivity index (χ1v) is 7.63. The Morgan fingerprint density at radius 1 is 1.08 bits per heavy atom. The van der Waals surface area contributed by atoms with E-state index < -0.39 is 36.2 Å². The molecule has 0 saturated heterocycles. The Hall–Kier alpha value is -2.96. The summed E-state index contributed by atoms with van der Waals surface area (Å²) in [5, 5.41) is 2.31. The lowest BCUT2D eigenvalue weighted by Gasteiger charge is -2.16. The number of nitrogens with one attached hydrogen (secondary N) is 1. The van der Waals surface area contributed by atoms with Crippen LogP contribution in [0.15, 0.2) is 48.5 Å². The van der Waals surface area contributed by atoms with Gasteiger partial charge in [-0.2, -0.15) is 0 Å². The van der Waals surface area contributed by atoms with Crippen molar-refractivity contribution < 1.29 is 27.8 Å². The molecule has 0 heterocycles. The molecule has 0 spiro atoms. The average Bonchev–Trinajstić information content (AvgIpc) is 2.61. The molecule has 132 valence electrons. The van der Waals surface area contributed by atoms with Crippen molar-refractivity contribution in [3.63, 3.8) is 0 Å². The molecule has 0 aliphatic heterocycles. The molecule has 2 rings (SSSR count). The zero-order valence-corrected chi connectivity index (χ0v) is 13.5. The van der Waals surface area contributed by atoms with Gasteiger partial charge in [0, 0.05) is 11.8 Å². The highest BCUT2D eigenvalue weighted by molar-refractivity contribution is 5.93. The summed E-state index contributed by atoms with van der Waals surface area (Å²) in [6.45, 7) is 1.18. The summed E-state index contributed by atoms with van der Waals surface area (Å²) >= 11 is 0. The lowest BCUT2D eigenvalue weighted by Crippen LogP contribution is -2.31. The number of rotatable bonds is 7. The molecule has 0 bridgehead atoms. The molecule has 0 aromatic heterocycles. The van der Waals surface area contributed by atoms with Gasteiger partial charge >= 0.3 is 5.97 Å². The first kappa shape index (κ1) is 18.4. The molecule has 0 unspecified atom stereocenters. The van der Waals surface area contributed by atoms with Crippen LogP contribution in [0.2, 0.25) is 0 Å². The van der Waals surface area contributed by atoms with Crippen molar-refractivity contribution in [3.05, 3.63) is 60.2 Å². The number of esters is 1. The van der Waals surface area contributed by atoms with E-state index in [1.807, 2.05) is 6.07 Å². The predicted octanol–water partition coefficient (Wildman–Crippen LogP) is 3.30. The van der Waals surface area contributed by atoms with Crippen LogP contribution in [0.5, 0.6) is 5.75 Å². The van der Waals surface area contributed by atoms with E-state index in [1.54, 1.807) is 31.2 Å². The molecule has 0 aliphatic rings. The molecule has 25 heavy (non-hydrogen) atoms. The average molecular weight is 349 g/mol. The molecule has 2 aromatic rings. The Balaban J connectivity index is 1.84. The van der Waals surface area contributed by atoms with Gasteiger partial charge in [0.1, 0.15) is 5.75 Å². The maximum Gasteiger partial charge on any atom is 0.347 e. The van der Waals surface area contributed by atoms with Gasteiger partial charge in [0.25, 0.3) is 5.91 Å². The van der Waals surface area contributed by atoms with Crippen molar-refractivity contribution in [1.29, 1.82) is 0 Å². The van der Waals surface area contributed by atoms with Crippen LogP contribution in [0.4, 0.5) is 14.5 Å². The Morgan fingerprint density at radius 3 is 2.44 bits per heavy atom. The lowest BCUT2D eigenvalue weighted by atomic mass is 10.2. The van der Waals surface area contributed by atoms with Gasteiger partial charge in [0.2, 0.25) is 0 Å². The third-order valence-corrected chi connectivity index (χ3v) is 3.20. The predicted molar refractivity (Wildman–Crippen MR) is 87.1 cm³/mol. The molecule has 2 aromatic carbocycles. The number of hydrogen-bond donors (Lipinski definition) is 1. The summed E-state index contributed by atoms with van der Waals surface area (Å²) in [6, 6.07) is 11.7. The Bertz CT molecular complexity index is 737. The fourth-order valence-electron chi connectivity index (χ4n) is 1.96. The molecule has 0 fully saturated rings. The molecule has 0 saturated carbocycles. The number of amides is 1. The number of ether oxygens (including phenoxy) is 2. The molecule has 1 amide bonds. The number of para-hydroxylation sites is 1. The van der Waals surface area contributed by atoms with Crippen molar-refractivity contribution in [2.45, 2.75) is 19.4 Å². The van der Waals surface area contributed by atoms with Crippen LogP contribution >= 0.6 is 0 Å². The van der Waals surface area contributed by atoms with Crippen LogP contribution in [-0.4, -0.2) is 24.6 Å². The van der Waals surface area contributed by atoms with Gasteiger partial charge in [-0.05, 0) is 30.7 Å². The van der Waals surface area contributed by atoms with E-state index in [0.29, 0.717) is 12.2 Å². The van der Waals surface area contributed by atoms with E-state index in [2.05, 4.69) is 5.32 Å². The van der Waals surface area contributed by atoms with Gasteiger partial charge in [-0.15, -0.1) is 0 Å². The van der Waals surface area contributed by atoms with E-state index in [4.69, 9.17) is 9.47 Å². The third kappa shape index (κ3) is 5.56. The molecular formula is C18H17F2NO4. The Labute approximate surface area is 143 Å². The van der Waals surface area contributed by atoms with Gasteiger partial charge in [0.05, 0.1) is 0 Å². The zero-order valence-electron chi connectivity index (χ0n) is 13.5. The smallest absolute Gasteiger partial charge is 0.347 e. The minimum absolute atomic E-state index is 0.0625. The third-order valence-electron chi connectivity index (χ3n) is 3.20. The number of carbonyl (C=O) groups is 2. The second kappa shape index (κ2) is 8.77. The summed E-state index contributed by atoms with van der Waals surface area (Å²) in [5.41, 5.74) is 0.0625. The summed E-state index contributed by atoms with van der Waals surface area (Å²) < 4.78 is 36.3. The monoisotopic (exact) mass is 349 g/mol. The fraction of sp³-hybridized carbons (Fsp3) is 0.222. The summed E-state index contributed by atoms with van der Waals surface area (Å²) in [4.78, 5) is 23.7. The number of hydrogen-bond acceptors (Lipinski definition) is 4. The molecule has 5 nitrogen and oxygen atoms in total. The van der Waals surface area contributed by atoms with Crippen molar-refractivity contribution in [2.75, 3.05) is 11.9 Å². The van der Waals surface area contributed by atoms with E-state index >= 15 is 0 Å². The molecule has 0 aliphatic carbocycles. The van der Waals surface area contributed by atoms with E-state index in [9.17, 15) is 18.4 Å². The van der Waals surface area contributed by atoms with Crippen molar-refractivity contribution in [3.8, 4) is 5.75 Å². The molecule has 0 radical (unpaired) electrons. The van der Waals surface area contributed by atoms with Crippen molar-refractivity contribution >= 4 is 17.6 Å². The summed E-state index contributed by atoms with van der Waals surface area (Å²) in [6.07, 6.45) is -0.489. The second-order valence-electron chi connectivity index (χ2n) is 5.11. The number of carbonyl (C=O) groups excluding carboxylic acids is 2. The number of halogens is 2. The highest BCUT2D eigenvalue weighted by Crippen LogP contribution is 2.14. The SMILES string of the molecule is CC[C@@H](Oc1ccccc1)C(=O)OCC(=O)Nc1ccc(F)c(F)c1. The zero-order chi connectivity index (χ0) is 18.2. The van der Waals surface area contributed by atoms with Crippen LogP contribution in [0, 0.1) is 11.6 Å². The maximum atomic E-state index is 13.1. The van der Waals surface area contributed by atoms with E-state index in [-0.39, 0.29) is 5.69 Å². The van der Waals surface area contributed by atoms with Crippen LogP contribution in [-0.2, 0) is 14.3 Å². The minimum atomic E-state index is -1.09. The van der Waals surface area contributed by atoms with E-state index in [0.717, 1.165) is 12.1 Å². The van der Waals surface area contributed by atoms with Gasteiger partial charge in [-0.25, -0.2) is 13.6 Å². The fourth-order valence-corrected chi connectivity index (χ4v) is 1.96. The Morgan fingerprint density at radius 2 is 1.80 bits per heavy atom. The summed E-state index contributed by atoms with van der Waals surface area (Å²) in [5.74, 6) is -2.95. The minimum Gasteiger partial charge on any atom is -0.479 e. The van der Waals surface area contributed by atoms with Gasteiger partial charge in [0.15, 0.2) is 24.3 Å². The first-order valence-electron chi connectivity index (χ1n) is 7.63. The summed E-state index contributed by atoms with van der Waals surface area (Å²) in [7, 11) is 0. The van der Waals surface area contributed by atoms with Gasteiger partial charge in [-0.1, -0.05) is 25.1 Å². The quantitative estimate of drug-likeness (QED) is 0.779. The van der Waals surface area contributed by atoms with Crippen molar-refractivity contribution in [1.82, 2.24) is 0 Å². The highest BCUT2D eigenvalue weighted by atomic mass is 19.2. The standard InChI is InChI=1S/C18H17F2NO4/c1-2-16(25-13-6-4-3-5-7-13)18(23)24-11-17(22)21-12-8-9-14(19)15(20)10-12/h3-10,16H,2,11H2,1H3,(H,21,22)/t16-/m1/s1. The highest BCUT2D eigenvalue weighted by Gasteiger charge is 2.21. The van der Waals surface area contributed by atoms with Crippen LogP contribution < -0.4 is 10.1 Å². The second-order valence-corrected chi connectivity index (χ2v) is 5.11. The van der Waals surface area contributed by atoms with Gasteiger partial charge < -0.3 is 14.8 Å². The maximum absolute atomic E-state index is 13.1. The largest absolute Gasteiger partial charge is 0.479 e. The lowest BCUT2D eigenvalue weighted by molar-refractivity contribution is -0.154. The molecule has 1 N–H and O–H groups in total. The molecule has 1 atom stereocenters. The number of benzene rings is 2. The molecular weight excluding hydrogens is 332 g/mol. The normalized spacial score (nSPS) is 11.5. The van der Waals surface area contributed by atoms with E-state index in [1.165, 1.54) is 6.07 Å². The van der Waals surface area contributed by atoms with Gasteiger partial charge in [-0.3, -0.25) is 4.79 Å². The van der Waals surface area contributed by atoms with Crippen LogP contribution in [0.3, 0.4) is 0 Å². The molecule has 7 heteroatoms. The van der Waals surface area contributed by atoms with Crippen LogP contribution in [0.1, 0.15) is 13.3 Å².